The number of aliphatic carboxylic acids is 1. The predicted octanol–water partition coefficient (Wildman–Crippen LogP) is -0.515. The highest BCUT2D eigenvalue weighted by atomic mass is 16.4. The lowest BCUT2D eigenvalue weighted by atomic mass is 10.3. The van der Waals surface area contributed by atoms with Crippen LogP contribution in [0.5, 0.6) is 0 Å². The molecule has 0 aliphatic heterocycles. The average Bonchev–Trinajstić information content (AvgIpc) is 2.12. The standard InChI is InChI=1S/C8H16N2O4/c1-10(5-6-11)8(14)9-4-2-3-7(12)13/h11H,2-6H2,1H3,(H,9,14)(H,12,13). The molecule has 0 aliphatic rings. The molecule has 14 heavy (non-hydrogen) atoms. The normalized spacial score (nSPS) is 9.57. The Labute approximate surface area is 82.5 Å². The first-order chi connectivity index (χ1) is 6.57. The summed E-state index contributed by atoms with van der Waals surface area (Å²) < 4.78 is 0. The molecule has 82 valence electrons. The summed E-state index contributed by atoms with van der Waals surface area (Å²) in [6.07, 6.45) is 0.456. The molecule has 0 saturated heterocycles. The van der Waals surface area contributed by atoms with Crippen molar-refractivity contribution in [2.75, 3.05) is 26.7 Å². The molecule has 3 N–H and O–H groups in total. The van der Waals surface area contributed by atoms with Gasteiger partial charge in [0.15, 0.2) is 0 Å². The number of rotatable bonds is 6. The minimum Gasteiger partial charge on any atom is -0.481 e. The summed E-state index contributed by atoms with van der Waals surface area (Å²) in [4.78, 5) is 22.6. The number of aliphatic hydroxyl groups is 1. The highest BCUT2D eigenvalue weighted by Gasteiger charge is 2.06. The minimum atomic E-state index is -0.872. The van der Waals surface area contributed by atoms with Crippen LogP contribution in [0.3, 0.4) is 0 Å². The van der Waals surface area contributed by atoms with Crippen molar-refractivity contribution in [3.63, 3.8) is 0 Å². The number of hydrogen-bond acceptors (Lipinski definition) is 3. The first kappa shape index (κ1) is 12.7. The van der Waals surface area contributed by atoms with E-state index < -0.39 is 5.97 Å². The Morgan fingerprint density at radius 2 is 2.07 bits per heavy atom. The van der Waals surface area contributed by atoms with E-state index in [1.807, 2.05) is 0 Å². The molecular weight excluding hydrogens is 188 g/mol. The van der Waals surface area contributed by atoms with Crippen LogP contribution in [-0.2, 0) is 4.79 Å². The highest BCUT2D eigenvalue weighted by molar-refractivity contribution is 5.73. The molecule has 6 heteroatoms. The van der Waals surface area contributed by atoms with Crippen molar-refractivity contribution in [1.82, 2.24) is 10.2 Å². The van der Waals surface area contributed by atoms with Crippen LogP contribution < -0.4 is 5.32 Å². The van der Waals surface area contributed by atoms with E-state index >= 15 is 0 Å². The summed E-state index contributed by atoms with van der Waals surface area (Å²) in [7, 11) is 1.56. The molecule has 0 aliphatic carbocycles. The fourth-order valence-corrected chi connectivity index (χ4v) is 0.821. The van der Waals surface area contributed by atoms with E-state index in [1.54, 1.807) is 7.05 Å². The number of carbonyl (C=O) groups is 2. The lowest BCUT2D eigenvalue weighted by Crippen LogP contribution is -2.39. The van der Waals surface area contributed by atoms with E-state index in [0.717, 1.165) is 0 Å². The second-order valence-corrected chi connectivity index (χ2v) is 2.87. The van der Waals surface area contributed by atoms with Gasteiger partial charge in [-0.1, -0.05) is 0 Å². The van der Waals surface area contributed by atoms with Crippen LogP contribution in [0.15, 0.2) is 0 Å². The molecule has 2 amide bonds. The van der Waals surface area contributed by atoms with Gasteiger partial charge < -0.3 is 20.4 Å². The molecule has 0 atom stereocenters. The third-order valence-electron chi connectivity index (χ3n) is 1.63. The zero-order valence-electron chi connectivity index (χ0n) is 8.19. The minimum absolute atomic E-state index is 0.0456. The zero-order chi connectivity index (χ0) is 11.0. The van der Waals surface area contributed by atoms with Crippen molar-refractivity contribution in [2.45, 2.75) is 12.8 Å². The van der Waals surface area contributed by atoms with E-state index in [4.69, 9.17) is 10.2 Å². The molecular formula is C8H16N2O4. The average molecular weight is 204 g/mol. The van der Waals surface area contributed by atoms with Crippen LogP contribution in [0, 0.1) is 0 Å². The number of nitrogens with zero attached hydrogens (tertiary/aromatic N) is 1. The van der Waals surface area contributed by atoms with Gasteiger partial charge in [0.05, 0.1) is 6.61 Å². The lowest BCUT2D eigenvalue weighted by molar-refractivity contribution is -0.137. The zero-order valence-corrected chi connectivity index (χ0v) is 8.19. The molecule has 0 unspecified atom stereocenters. The van der Waals surface area contributed by atoms with E-state index in [0.29, 0.717) is 13.0 Å². The third-order valence-corrected chi connectivity index (χ3v) is 1.63. The van der Waals surface area contributed by atoms with Crippen molar-refractivity contribution < 1.29 is 19.8 Å². The molecule has 0 fully saturated rings. The van der Waals surface area contributed by atoms with Gasteiger partial charge in [-0.2, -0.15) is 0 Å². The number of nitrogens with one attached hydrogen (secondary N) is 1. The van der Waals surface area contributed by atoms with Gasteiger partial charge in [-0.15, -0.1) is 0 Å². The van der Waals surface area contributed by atoms with E-state index in [1.165, 1.54) is 4.90 Å². The summed E-state index contributed by atoms with van der Waals surface area (Å²) in [5.74, 6) is -0.872. The fourth-order valence-electron chi connectivity index (χ4n) is 0.821. The predicted molar refractivity (Wildman–Crippen MR) is 50.0 cm³/mol. The number of likely N-dealkylation sites (N-methyl/N-ethyl adjacent to an activating group) is 1. The molecule has 0 saturated carbocycles. The van der Waals surface area contributed by atoms with Crippen molar-refractivity contribution >= 4 is 12.0 Å². The molecule has 0 bridgehead atoms. The number of carboxylic acids is 1. The number of amides is 2. The van der Waals surface area contributed by atoms with Crippen LogP contribution >= 0.6 is 0 Å². The molecule has 0 aromatic rings. The Kier molecular flexibility index (Phi) is 6.47. The molecule has 0 radical (unpaired) electrons. The molecule has 0 heterocycles. The van der Waals surface area contributed by atoms with Crippen molar-refractivity contribution in [3.05, 3.63) is 0 Å². The van der Waals surface area contributed by atoms with Gasteiger partial charge in [0.2, 0.25) is 0 Å². The number of carbonyl (C=O) groups excluding carboxylic acids is 1. The SMILES string of the molecule is CN(CCO)C(=O)NCCCC(=O)O. The summed E-state index contributed by atoms with van der Waals surface area (Å²) in [6.45, 7) is 0.519. The maximum atomic E-state index is 11.1. The fraction of sp³-hybridized carbons (Fsp3) is 0.750. The van der Waals surface area contributed by atoms with Gasteiger partial charge >= 0.3 is 12.0 Å². The first-order valence-electron chi connectivity index (χ1n) is 4.39. The Morgan fingerprint density at radius 3 is 2.57 bits per heavy atom. The number of carboxylic acid groups (broad SMARTS) is 1. The Bertz CT molecular complexity index is 196. The number of aliphatic hydroxyl groups excluding tert-OH is 1. The quantitative estimate of drug-likeness (QED) is 0.508. The van der Waals surface area contributed by atoms with Crippen LogP contribution in [0.4, 0.5) is 4.79 Å². The number of urea groups is 1. The van der Waals surface area contributed by atoms with Crippen molar-refractivity contribution in [3.8, 4) is 0 Å². The van der Waals surface area contributed by atoms with Gasteiger partial charge in [0.1, 0.15) is 0 Å². The van der Waals surface area contributed by atoms with Gasteiger partial charge in [-0.05, 0) is 6.42 Å². The summed E-state index contributed by atoms with van der Waals surface area (Å²) >= 11 is 0. The van der Waals surface area contributed by atoms with Crippen LogP contribution in [0.1, 0.15) is 12.8 Å². The van der Waals surface area contributed by atoms with Crippen LogP contribution in [0.25, 0.3) is 0 Å². The second kappa shape index (κ2) is 7.14. The van der Waals surface area contributed by atoms with E-state index in [2.05, 4.69) is 5.32 Å². The van der Waals surface area contributed by atoms with Gasteiger partial charge in [-0.25, -0.2) is 4.79 Å². The lowest BCUT2D eigenvalue weighted by Gasteiger charge is -2.16. The molecule has 0 aromatic heterocycles. The molecule has 0 spiro atoms. The van der Waals surface area contributed by atoms with E-state index in [9.17, 15) is 9.59 Å². The van der Waals surface area contributed by atoms with E-state index in [-0.39, 0.29) is 25.6 Å². The molecule has 0 rings (SSSR count). The van der Waals surface area contributed by atoms with Crippen molar-refractivity contribution in [1.29, 1.82) is 0 Å². The molecule has 6 nitrogen and oxygen atoms in total. The largest absolute Gasteiger partial charge is 0.481 e. The van der Waals surface area contributed by atoms with Crippen LogP contribution in [0.2, 0.25) is 0 Å². The number of hydrogen-bond donors (Lipinski definition) is 3. The second-order valence-electron chi connectivity index (χ2n) is 2.87. The topological polar surface area (TPSA) is 89.9 Å². The Hall–Kier alpha value is -1.30. The smallest absolute Gasteiger partial charge is 0.317 e. The van der Waals surface area contributed by atoms with Crippen molar-refractivity contribution in [2.24, 2.45) is 0 Å². The first-order valence-corrected chi connectivity index (χ1v) is 4.39. The highest BCUT2D eigenvalue weighted by Crippen LogP contribution is 1.88. The molecule has 0 aromatic carbocycles. The van der Waals surface area contributed by atoms with Gasteiger partial charge in [-0.3, -0.25) is 4.79 Å². The monoisotopic (exact) mass is 204 g/mol. The third kappa shape index (κ3) is 6.24. The summed E-state index contributed by atoms with van der Waals surface area (Å²) in [5.41, 5.74) is 0. The maximum Gasteiger partial charge on any atom is 0.317 e. The van der Waals surface area contributed by atoms with Crippen LogP contribution in [-0.4, -0.2) is 53.9 Å². The van der Waals surface area contributed by atoms with Gasteiger partial charge in [0.25, 0.3) is 0 Å². The summed E-state index contributed by atoms with van der Waals surface area (Å²) in [6, 6.07) is -0.301. The Morgan fingerprint density at radius 1 is 1.43 bits per heavy atom. The van der Waals surface area contributed by atoms with Gasteiger partial charge in [0, 0.05) is 26.6 Å². The summed E-state index contributed by atoms with van der Waals surface area (Å²) in [5, 5.41) is 19.4. The maximum absolute atomic E-state index is 11.1. The Balaban J connectivity index is 3.48.